The van der Waals surface area contributed by atoms with Gasteiger partial charge in [0.25, 0.3) is 5.91 Å². The summed E-state index contributed by atoms with van der Waals surface area (Å²) < 4.78 is 5.18. The average Bonchev–Trinajstić information content (AvgIpc) is 3.03. The number of hydrogen-bond donors (Lipinski definition) is 2. The van der Waals surface area contributed by atoms with Crippen molar-refractivity contribution in [2.45, 2.75) is 58.9 Å². The second kappa shape index (κ2) is 8.52. The first-order chi connectivity index (χ1) is 12.6. The topological polar surface area (TPSA) is 97.1 Å². The Hall–Kier alpha value is -2.41. The Morgan fingerprint density at radius 3 is 2.56 bits per heavy atom. The molecule has 0 fully saturated rings. The van der Waals surface area contributed by atoms with Crippen molar-refractivity contribution in [3.05, 3.63) is 40.5 Å². The summed E-state index contributed by atoms with van der Waals surface area (Å²) in [6, 6.07) is 4.77. The van der Waals surface area contributed by atoms with Crippen molar-refractivity contribution < 1.29 is 14.1 Å². The molecule has 1 heterocycles. The molecule has 7 nitrogen and oxygen atoms in total. The molecule has 1 aromatic carbocycles. The maximum Gasteiger partial charge on any atom is 0.251 e. The fourth-order valence-corrected chi connectivity index (χ4v) is 2.37. The highest BCUT2D eigenvalue weighted by Crippen LogP contribution is 2.24. The van der Waals surface area contributed by atoms with E-state index in [-0.39, 0.29) is 29.7 Å². The zero-order chi connectivity index (χ0) is 20.2. The van der Waals surface area contributed by atoms with E-state index < -0.39 is 0 Å². The number of amides is 2. The lowest BCUT2D eigenvalue weighted by molar-refractivity contribution is -0.116. The zero-order valence-corrected chi connectivity index (χ0v) is 17.0. The van der Waals surface area contributed by atoms with Crippen LogP contribution in [0.5, 0.6) is 0 Å². The van der Waals surface area contributed by atoms with E-state index in [1.165, 1.54) is 0 Å². The van der Waals surface area contributed by atoms with Crippen LogP contribution in [0, 0.1) is 0 Å². The summed E-state index contributed by atoms with van der Waals surface area (Å²) in [5, 5.41) is 9.82. The van der Waals surface area contributed by atoms with Gasteiger partial charge in [0, 0.05) is 29.9 Å². The van der Waals surface area contributed by atoms with Crippen molar-refractivity contribution >= 4 is 29.1 Å². The monoisotopic (exact) mass is 392 g/mol. The van der Waals surface area contributed by atoms with Crippen molar-refractivity contribution in [1.29, 1.82) is 0 Å². The third-order valence-corrected chi connectivity index (χ3v) is 3.96. The van der Waals surface area contributed by atoms with Crippen LogP contribution in [0.4, 0.5) is 5.69 Å². The van der Waals surface area contributed by atoms with E-state index in [9.17, 15) is 9.59 Å². The van der Waals surface area contributed by atoms with Crippen LogP contribution in [0.25, 0.3) is 0 Å². The van der Waals surface area contributed by atoms with Crippen LogP contribution >= 0.6 is 11.6 Å². The molecule has 146 valence electrons. The number of halogens is 1. The quantitative estimate of drug-likeness (QED) is 0.780. The molecule has 2 N–H and O–H groups in total. The van der Waals surface area contributed by atoms with E-state index >= 15 is 0 Å². The SMILES string of the molecule is CC(C)NC(=O)c1ccc(Cl)c(NC(=O)CCc2nc(C(C)(C)C)no2)c1. The maximum absolute atomic E-state index is 12.2. The minimum Gasteiger partial charge on any atom is -0.350 e. The number of nitrogens with one attached hydrogen (secondary N) is 2. The predicted octanol–water partition coefficient (Wildman–Crippen LogP) is 3.73. The Morgan fingerprint density at radius 2 is 1.96 bits per heavy atom. The number of aryl methyl sites for hydroxylation is 1. The van der Waals surface area contributed by atoms with Gasteiger partial charge in [0.05, 0.1) is 10.7 Å². The molecule has 0 radical (unpaired) electrons. The van der Waals surface area contributed by atoms with Gasteiger partial charge in [-0.1, -0.05) is 37.5 Å². The molecule has 8 heteroatoms. The lowest BCUT2D eigenvalue weighted by Crippen LogP contribution is -2.30. The van der Waals surface area contributed by atoms with E-state index in [4.69, 9.17) is 16.1 Å². The number of hydrogen-bond acceptors (Lipinski definition) is 5. The highest BCUT2D eigenvalue weighted by Gasteiger charge is 2.21. The summed E-state index contributed by atoms with van der Waals surface area (Å²) in [5.41, 5.74) is 0.600. The maximum atomic E-state index is 12.2. The molecule has 1 aromatic heterocycles. The van der Waals surface area contributed by atoms with Gasteiger partial charge in [0.15, 0.2) is 5.82 Å². The van der Waals surface area contributed by atoms with Crippen molar-refractivity contribution in [1.82, 2.24) is 15.5 Å². The molecule has 0 aliphatic carbocycles. The summed E-state index contributed by atoms with van der Waals surface area (Å²) in [6.45, 7) is 9.70. The van der Waals surface area contributed by atoms with Gasteiger partial charge in [-0.25, -0.2) is 0 Å². The second-order valence-corrected chi connectivity index (χ2v) is 8.04. The standard InChI is InChI=1S/C19H25ClN4O3/c1-11(2)21-17(26)12-6-7-13(20)14(10-12)22-15(25)8-9-16-23-18(24-27-16)19(3,4)5/h6-7,10-11H,8-9H2,1-5H3,(H,21,26)(H,22,25). The Bertz CT molecular complexity index is 825. The normalized spacial score (nSPS) is 11.5. The Kier molecular flexibility index (Phi) is 6.59. The van der Waals surface area contributed by atoms with Crippen molar-refractivity contribution in [3.63, 3.8) is 0 Å². The first-order valence-electron chi connectivity index (χ1n) is 8.79. The molecule has 0 unspecified atom stereocenters. The van der Waals surface area contributed by atoms with Gasteiger partial charge in [0.1, 0.15) is 0 Å². The number of anilines is 1. The summed E-state index contributed by atoms with van der Waals surface area (Å²) in [4.78, 5) is 28.7. The molecule has 0 saturated carbocycles. The van der Waals surface area contributed by atoms with Crippen molar-refractivity contribution in [3.8, 4) is 0 Å². The molecule has 0 bridgehead atoms. The van der Waals surface area contributed by atoms with Crippen LogP contribution in [0.15, 0.2) is 22.7 Å². The van der Waals surface area contributed by atoms with E-state index in [1.807, 2.05) is 34.6 Å². The molecule has 0 spiro atoms. The smallest absolute Gasteiger partial charge is 0.251 e. The van der Waals surface area contributed by atoms with Crippen LogP contribution in [0.3, 0.4) is 0 Å². The highest BCUT2D eigenvalue weighted by molar-refractivity contribution is 6.33. The number of benzene rings is 1. The Balaban J connectivity index is 1.99. The van der Waals surface area contributed by atoms with Crippen molar-refractivity contribution in [2.24, 2.45) is 0 Å². The van der Waals surface area contributed by atoms with E-state index in [0.29, 0.717) is 34.4 Å². The summed E-state index contributed by atoms with van der Waals surface area (Å²) in [5.74, 6) is 0.530. The molecule has 0 saturated heterocycles. The third kappa shape index (κ3) is 6.06. The lowest BCUT2D eigenvalue weighted by Gasteiger charge is -2.11. The third-order valence-electron chi connectivity index (χ3n) is 3.63. The van der Waals surface area contributed by atoms with Gasteiger partial charge in [-0.15, -0.1) is 0 Å². The molecule has 27 heavy (non-hydrogen) atoms. The van der Waals surface area contributed by atoms with Crippen molar-refractivity contribution in [2.75, 3.05) is 5.32 Å². The van der Waals surface area contributed by atoms with Crippen LogP contribution in [-0.4, -0.2) is 28.0 Å². The fourth-order valence-electron chi connectivity index (χ4n) is 2.20. The van der Waals surface area contributed by atoms with Crippen LogP contribution in [0.1, 0.15) is 63.1 Å². The van der Waals surface area contributed by atoms with E-state index in [0.717, 1.165) is 0 Å². The summed E-state index contributed by atoms with van der Waals surface area (Å²) in [7, 11) is 0. The van der Waals surface area contributed by atoms with Crippen LogP contribution in [-0.2, 0) is 16.6 Å². The minimum absolute atomic E-state index is 0.0126. The van der Waals surface area contributed by atoms with Gasteiger partial charge in [-0.05, 0) is 32.0 Å². The Morgan fingerprint density at radius 1 is 1.26 bits per heavy atom. The highest BCUT2D eigenvalue weighted by atomic mass is 35.5. The fraction of sp³-hybridized carbons (Fsp3) is 0.474. The Labute approximate surface area is 163 Å². The predicted molar refractivity (Wildman–Crippen MR) is 104 cm³/mol. The number of nitrogens with zero attached hydrogens (tertiary/aromatic N) is 2. The summed E-state index contributed by atoms with van der Waals surface area (Å²) in [6.07, 6.45) is 0.477. The van der Waals surface area contributed by atoms with Crippen LogP contribution < -0.4 is 10.6 Å². The van der Waals surface area contributed by atoms with E-state index in [1.54, 1.807) is 18.2 Å². The first-order valence-corrected chi connectivity index (χ1v) is 9.17. The largest absolute Gasteiger partial charge is 0.350 e. The molecular weight excluding hydrogens is 368 g/mol. The first kappa shape index (κ1) is 20.9. The van der Waals surface area contributed by atoms with Gasteiger partial charge in [0.2, 0.25) is 11.8 Å². The molecule has 2 amide bonds. The number of rotatable bonds is 6. The molecule has 0 aliphatic heterocycles. The molecule has 2 rings (SSSR count). The van der Waals surface area contributed by atoms with Gasteiger partial charge >= 0.3 is 0 Å². The zero-order valence-electron chi connectivity index (χ0n) is 16.2. The molecule has 2 aromatic rings. The number of carbonyl (C=O) groups excluding carboxylic acids is 2. The number of aromatic nitrogens is 2. The molecule has 0 aliphatic rings. The van der Waals surface area contributed by atoms with Gasteiger partial charge < -0.3 is 15.2 Å². The second-order valence-electron chi connectivity index (χ2n) is 7.63. The molecular formula is C19H25ClN4O3. The molecule has 0 atom stereocenters. The minimum atomic E-state index is -0.256. The summed E-state index contributed by atoms with van der Waals surface area (Å²) >= 11 is 6.13. The van der Waals surface area contributed by atoms with E-state index in [2.05, 4.69) is 20.8 Å². The van der Waals surface area contributed by atoms with Gasteiger partial charge in [-0.3, -0.25) is 9.59 Å². The van der Waals surface area contributed by atoms with Gasteiger partial charge in [-0.2, -0.15) is 4.98 Å². The average molecular weight is 393 g/mol. The lowest BCUT2D eigenvalue weighted by atomic mass is 9.96. The van der Waals surface area contributed by atoms with Crippen LogP contribution in [0.2, 0.25) is 5.02 Å². The number of carbonyl (C=O) groups is 2.